The van der Waals surface area contributed by atoms with E-state index < -0.39 is 7.14 Å². The van der Waals surface area contributed by atoms with Crippen LogP contribution in [-0.2, 0) is 4.57 Å². The molecular weight excluding hydrogens is 378 g/mol. The number of alkyl halides is 1. The van der Waals surface area contributed by atoms with Gasteiger partial charge in [0.1, 0.15) is 7.14 Å². The third-order valence-electron chi connectivity index (χ3n) is 3.09. The number of rotatable bonds is 5. The lowest BCUT2D eigenvalue weighted by Gasteiger charge is -2.19. The first-order valence-electron chi connectivity index (χ1n) is 6.23. The average molecular weight is 392 g/mol. The molecule has 0 bridgehead atoms. The van der Waals surface area contributed by atoms with Crippen molar-refractivity contribution in [2.45, 2.75) is 6.42 Å². The normalized spacial score (nSPS) is 11.6. The summed E-state index contributed by atoms with van der Waals surface area (Å²) in [7, 11) is -2.63. The van der Waals surface area contributed by atoms with Crippen LogP contribution in [0.4, 0.5) is 0 Å². The zero-order chi connectivity index (χ0) is 14.6. The van der Waals surface area contributed by atoms with Gasteiger partial charge in [-0.15, -0.1) is 0 Å². The summed E-state index contributed by atoms with van der Waals surface area (Å²) in [6.07, 6.45) is 1.48. The van der Waals surface area contributed by atoms with Gasteiger partial charge < -0.3 is 4.57 Å². The van der Waals surface area contributed by atoms with Gasteiger partial charge in [0.2, 0.25) is 0 Å². The number of hydrogen-bond donors (Lipinski definition) is 0. The quantitative estimate of drug-likeness (QED) is 0.512. The van der Waals surface area contributed by atoms with Gasteiger partial charge in [0.25, 0.3) is 0 Å². The van der Waals surface area contributed by atoms with E-state index in [1.807, 2.05) is 24.3 Å². The molecule has 0 heterocycles. The monoisotopic (exact) mass is 390 g/mol. The van der Waals surface area contributed by atoms with Crippen molar-refractivity contribution in [2.75, 3.05) is 11.5 Å². The molecule has 0 spiro atoms. The number of halogens is 3. The van der Waals surface area contributed by atoms with Crippen LogP contribution < -0.4 is 10.6 Å². The Balaban J connectivity index is 2.47. The van der Waals surface area contributed by atoms with E-state index in [4.69, 9.17) is 23.2 Å². The lowest BCUT2D eigenvalue weighted by molar-refractivity contribution is 0.586. The second kappa shape index (κ2) is 7.13. The lowest BCUT2D eigenvalue weighted by atomic mass is 10.4. The lowest BCUT2D eigenvalue weighted by Crippen LogP contribution is -2.18. The second-order valence-electron chi connectivity index (χ2n) is 4.46. The molecule has 2 aromatic carbocycles. The summed E-state index contributed by atoms with van der Waals surface area (Å²) in [5.74, 6) is 0. The van der Waals surface area contributed by atoms with Crippen molar-refractivity contribution in [3.63, 3.8) is 0 Å². The molecule has 2 aromatic rings. The van der Waals surface area contributed by atoms with Gasteiger partial charge >= 0.3 is 0 Å². The van der Waals surface area contributed by atoms with Crippen molar-refractivity contribution < 1.29 is 4.57 Å². The summed E-state index contributed by atoms with van der Waals surface area (Å²) in [6.45, 7) is 0. The molecule has 106 valence electrons. The van der Waals surface area contributed by atoms with Crippen molar-refractivity contribution in [2.24, 2.45) is 0 Å². The van der Waals surface area contributed by atoms with Crippen LogP contribution in [0.2, 0.25) is 10.0 Å². The van der Waals surface area contributed by atoms with Gasteiger partial charge in [-0.3, -0.25) is 0 Å². The molecule has 0 N–H and O–H groups in total. The van der Waals surface area contributed by atoms with Crippen molar-refractivity contribution in [3.05, 3.63) is 58.6 Å². The molecule has 0 saturated heterocycles. The Morgan fingerprint density at radius 3 is 1.60 bits per heavy atom. The molecule has 0 aliphatic heterocycles. The van der Waals surface area contributed by atoms with Crippen molar-refractivity contribution in [1.82, 2.24) is 0 Å². The molecule has 5 heteroatoms. The van der Waals surface area contributed by atoms with E-state index in [9.17, 15) is 4.57 Å². The van der Waals surface area contributed by atoms with Gasteiger partial charge in [0, 0.05) is 32.1 Å². The van der Waals surface area contributed by atoms with Gasteiger partial charge in [0.15, 0.2) is 0 Å². The molecule has 0 radical (unpaired) electrons. The Morgan fingerprint density at radius 1 is 0.850 bits per heavy atom. The third kappa shape index (κ3) is 3.68. The minimum Gasteiger partial charge on any atom is -0.314 e. The van der Waals surface area contributed by atoms with Crippen LogP contribution in [0.1, 0.15) is 6.42 Å². The summed E-state index contributed by atoms with van der Waals surface area (Å²) in [6, 6.07) is 14.6. The largest absolute Gasteiger partial charge is 0.314 e. The van der Waals surface area contributed by atoms with Crippen LogP contribution in [0.15, 0.2) is 48.5 Å². The highest BCUT2D eigenvalue weighted by molar-refractivity contribution is 9.09. The van der Waals surface area contributed by atoms with E-state index in [0.29, 0.717) is 16.2 Å². The van der Waals surface area contributed by atoms with Crippen LogP contribution in [0, 0.1) is 0 Å². The van der Waals surface area contributed by atoms with E-state index in [1.54, 1.807) is 24.3 Å². The standard InChI is InChI=1S/C15H14BrCl2OP/c16-10-1-11-20(19,14-6-2-12(17)3-7-14)15-8-4-13(18)5-9-15/h2-9H,1,10-11H2. The molecule has 0 saturated carbocycles. The first-order chi connectivity index (χ1) is 9.56. The SMILES string of the molecule is O=P(CCCBr)(c1ccc(Cl)cc1)c1ccc(Cl)cc1. The van der Waals surface area contributed by atoms with Gasteiger partial charge in [-0.1, -0.05) is 39.1 Å². The van der Waals surface area contributed by atoms with Crippen LogP contribution in [0.25, 0.3) is 0 Å². The molecule has 0 aromatic heterocycles. The summed E-state index contributed by atoms with van der Waals surface area (Å²) in [5.41, 5.74) is 0. The van der Waals surface area contributed by atoms with Crippen LogP contribution in [0.3, 0.4) is 0 Å². The van der Waals surface area contributed by atoms with Gasteiger partial charge in [-0.05, 0) is 55.0 Å². The Labute approximate surface area is 137 Å². The van der Waals surface area contributed by atoms with E-state index in [0.717, 1.165) is 22.4 Å². The highest BCUT2D eigenvalue weighted by Crippen LogP contribution is 2.44. The highest BCUT2D eigenvalue weighted by atomic mass is 79.9. The Hall–Kier alpha value is -0.270. The predicted molar refractivity (Wildman–Crippen MR) is 93.1 cm³/mol. The average Bonchev–Trinajstić information content (AvgIpc) is 2.46. The molecular formula is C15H14BrCl2OP. The van der Waals surface area contributed by atoms with Crippen LogP contribution in [0.5, 0.6) is 0 Å². The van der Waals surface area contributed by atoms with Crippen LogP contribution >= 0.6 is 46.3 Å². The molecule has 0 aliphatic rings. The molecule has 0 fully saturated rings. The smallest absolute Gasteiger partial charge is 0.143 e. The fourth-order valence-corrected chi connectivity index (χ4v) is 5.70. The maximum absolute atomic E-state index is 13.5. The van der Waals surface area contributed by atoms with Crippen molar-refractivity contribution in [1.29, 1.82) is 0 Å². The van der Waals surface area contributed by atoms with Gasteiger partial charge in [-0.2, -0.15) is 0 Å². The zero-order valence-electron chi connectivity index (χ0n) is 10.7. The topological polar surface area (TPSA) is 17.1 Å². The molecule has 0 atom stereocenters. The highest BCUT2D eigenvalue weighted by Gasteiger charge is 2.26. The first-order valence-corrected chi connectivity index (χ1v) is 10.0. The van der Waals surface area contributed by atoms with E-state index >= 15 is 0 Å². The predicted octanol–water partition coefficient (Wildman–Crippen LogP) is 5.09. The van der Waals surface area contributed by atoms with Crippen molar-refractivity contribution in [3.8, 4) is 0 Å². The maximum Gasteiger partial charge on any atom is 0.143 e. The van der Waals surface area contributed by atoms with Crippen molar-refractivity contribution >= 4 is 56.9 Å². The zero-order valence-corrected chi connectivity index (χ0v) is 14.7. The van der Waals surface area contributed by atoms with E-state index in [2.05, 4.69) is 15.9 Å². The molecule has 0 unspecified atom stereocenters. The minimum atomic E-state index is -2.63. The number of benzene rings is 2. The molecule has 2 rings (SSSR count). The molecule has 0 amide bonds. The van der Waals surface area contributed by atoms with Gasteiger partial charge in [-0.25, -0.2) is 0 Å². The summed E-state index contributed by atoms with van der Waals surface area (Å²) < 4.78 is 13.5. The Morgan fingerprint density at radius 2 is 1.25 bits per heavy atom. The Bertz CT molecular complexity index is 561. The van der Waals surface area contributed by atoms with Gasteiger partial charge in [0.05, 0.1) is 0 Å². The maximum atomic E-state index is 13.5. The molecule has 20 heavy (non-hydrogen) atoms. The fourth-order valence-electron chi connectivity index (χ4n) is 2.05. The first kappa shape index (κ1) is 16.1. The third-order valence-corrected chi connectivity index (χ3v) is 7.37. The Kier molecular flexibility index (Phi) is 5.74. The minimum absolute atomic E-state index is 0.627. The van der Waals surface area contributed by atoms with Crippen LogP contribution in [-0.4, -0.2) is 11.5 Å². The summed E-state index contributed by atoms with van der Waals surface area (Å²) >= 11 is 15.2. The fraction of sp³-hybridized carbons (Fsp3) is 0.200. The molecule has 1 nitrogen and oxygen atoms in total. The van der Waals surface area contributed by atoms with E-state index in [-0.39, 0.29) is 0 Å². The summed E-state index contributed by atoms with van der Waals surface area (Å²) in [4.78, 5) is 0. The van der Waals surface area contributed by atoms with E-state index in [1.165, 1.54) is 0 Å². The number of hydrogen-bond acceptors (Lipinski definition) is 1. The molecule has 0 aliphatic carbocycles. The second-order valence-corrected chi connectivity index (χ2v) is 9.08. The summed E-state index contributed by atoms with van der Waals surface area (Å²) in [5, 5.41) is 3.81.